The van der Waals surface area contributed by atoms with Gasteiger partial charge in [0.2, 0.25) is 5.91 Å². The van der Waals surface area contributed by atoms with Crippen molar-refractivity contribution in [2.45, 2.75) is 19.3 Å². The van der Waals surface area contributed by atoms with Gasteiger partial charge in [-0.2, -0.15) is 0 Å². The summed E-state index contributed by atoms with van der Waals surface area (Å²) >= 11 is 0. The first-order chi connectivity index (χ1) is 13.2. The third-order valence-electron chi connectivity index (χ3n) is 5.66. The lowest BCUT2D eigenvalue weighted by atomic mass is 9.88. The van der Waals surface area contributed by atoms with Crippen LogP contribution in [0.15, 0.2) is 24.3 Å². The normalized spacial score (nSPS) is 24.0. The van der Waals surface area contributed by atoms with Crippen molar-refractivity contribution in [2.75, 3.05) is 59.7 Å². The lowest BCUT2D eigenvalue weighted by molar-refractivity contribution is -0.134. The van der Waals surface area contributed by atoms with Crippen molar-refractivity contribution < 1.29 is 19.4 Å². The molecule has 6 nitrogen and oxygen atoms in total. The highest BCUT2D eigenvalue weighted by molar-refractivity contribution is 5.76. The van der Waals surface area contributed by atoms with E-state index in [1.54, 1.807) is 7.11 Å². The number of nitrogens with zero attached hydrogens (tertiary/aromatic N) is 2. The Morgan fingerprint density at radius 2 is 1.96 bits per heavy atom. The molecular weight excluding hydrogens is 344 g/mol. The van der Waals surface area contributed by atoms with Crippen LogP contribution in [0.3, 0.4) is 0 Å². The number of aryl methyl sites for hydroxylation is 1. The number of carbonyl (C=O) groups excluding carboxylic acids is 1. The zero-order valence-corrected chi connectivity index (χ0v) is 16.3. The fraction of sp³-hybridized carbons (Fsp3) is 0.667. The lowest BCUT2D eigenvalue weighted by Crippen LogP contribution is -2.49. The molecule has 2 aliphatic rings. The number of methoxy groups -OCH3 is 1. The average molecular weight is 376 g/mol. The van der Waals surface area contributed by atoms with Crippen LogP contribution in [0, 0.1) is 11.8 Å². The summed E-state index contributed by atoms with van der Waals surface area (Å²) in [7, 11) is 1.66. The van der Waals surface area contributed by atoms with Gasteiger partial charge in [0.05, 0.1) is 20.3 Å². The number of amides is 1. The number of carbonyl (C=O) groups is 1. The van der Waals surface area contributed by atoms with E-state index in [4.69, 9.17) is 9.47 Å². The van der Waals surface area contributed by atoms with Crippen molar-refractivity contribution in [3.63, 3.8) is 0 Å². The first-order valence-electron chi connectivity index (χ1n) is 10.00. The fourth-order valence-corrected chi connectivity index (χ4v) is 4.24. The maximum Gasteiger partial charge on any atom is 0.222 e. The molecule has 0 spiro atoms. The van der Waals surface area contributed by atoms with E-state index in [2.05, 4.69) is 4.90 Å². The molecule has 1 aromatic rings. The van der Waals surface area contributed by atoms with Crippen molar-refractivity contribution in [2.24, 2.45) is 11.8 Å². The molecule has 2 atom stereocenters. The summed E-state index contributed by atoms with van der Waals surface area (Å²) in [5.74, 6) is 1.61. The molecule has 0 aliphatic carbocycles. The van der Waals surface area contributed by atoms with Crippen LogP contribution in [0.25, 0.3) is 0 Å². The van der Waals surface area contributed by atoms with Gasteiger partial charge in [-0.1, -0.05) is 18.2 Å². The summed E-state index contributed by atoms with van der Waals surface area (Å²) in [4.78, 5) is 17.2. The molecule has 2 aliphatic heterocycles. The maximum atomic E-state index is 12.8. The molecule has 0 saturated carbocycles. The molecule has 1 N–H and O–H groups in total. The third-order valence-corrected chi connectivity index (χ3v) is 5.66. The summed E-state index contributed by atoms with van der Waals surface area (Å²) in [5.41, 5.74) is 1.06. The van der Waals surface area contributed by atoms with Crippen molar-refractivity contribution in [3.05, 3.63) is 29.8 Å². The number of rotatable bonds is 7. The number of para-hydroxylation sites is 1. The smallest absolute Gasteiger partial charge is 0.222 e. The molecule has 2 saturated heterocycles. The summed E-state index contributed by atoms with van der Waals surface area (Å²) in [5, 5.41) is 9.70. The standard InChI is InChI=1S/C21H32N2O4/c1-26-20-5-3-2-4-19(20)6-7-21(25)23-14-17(12-18(15-23)16-24)13-22-8-10-27-11-9-22/h2-5,17-18,24H,6-16H2,1H3/t17-,18-/m0/s1. The highest BCUT2D eigenvalue weighted by atomic mass is 16.5. The van der Waals surface area contributed by atoms with E-state index in [9.17, 15) is 9.90 Å². The van der Waals surface area contributed by atoms with Crippen LogP contribution in [0.5, 0.6) is 5.75 Å². The largest absolute Gasteiger partial charge is 0.496 e. The lowest BCUT2D eigenvalue weighted by Gasteiger charge is -2.40. The Balaban J connectivity index is 1.55. The minimum absolute atomic E-state index is 0.149. The first-order valence-corrected chi connectivity index (χ1v) is 10.00. The highest BCUT2D eigenvalue weighted by Crippen LogP contribution is 2.25. The Kier molecular flexibility index (Phi) is 7.50. The van der Waals surface area contributed by atoms with Crippen LogP contribution in [0.1, 0.15) is 18.4 Å². The summed E-state index contributed by atoms with van der Waals surface area (Å²) in [6.07, 6.45) is 2.14. The summed E-state index contributed by atoms with van der Waals surface area (Å²) in [6, 6.07) is 7.86. The number of benzene rings is 1. The van der Waals surface area contributed by atoms with Gasteiger partial charge in [0.25, 0.3) is 0 Å². The topological polar surface area (TPSA) is 62.2 Å². The Morgan fingerprint density at radius 3 is 2.70 bits per heavy atom. The number of likely N-dealkylation sites (tertiary alicyclic amines) is 1. The SMILES string of the molecule is COc1ccccc1CCC(=O)N1C[C@@H](CO)C[C@@H](CN2CCOCC2)C1. The minimum atomic E-state index is 0.149. The number of aliphatic hydroxyl groups is 1. The van der Waals surface area contributed by atoms with Crippen LogP contribution in [-0.2, 0) is 16.0 Å². The molecule has 2 fully saturated rings. The van der Waals surface area contributed by atoms with Gasteiger partial charge in [-0.25, -0.2) is 0 Å². The molecule has 150 valence electrons. The minimum Gasteiger partial charge on any atom is -0.496 e. The molecule has 1 aromatic carbocycles. The van der Waals surface area contributed by atoms with E-state index >= 15 is 0 Å². The van der Waals surface area contributed by atoms with Gasteiger partial charge in [-0.05, 0) is 36.3 Å². The van der Waals surface area contributed by atoms with Gasteiger partial charge < -0.3 is 19.5 Å². The van der Waals surface area contributed by atoms with E-state index in [0.29, 0.717) is 25.3 Å². The fourth-order valence-electron chi connectivity index (χ4n) is 4.24. The van der Waals surface area contributed by atoms with Gasteiger partial charge in [0.15, 0.2) is 0 Å². The second-order valence-corrected chi connectivity index (χ2v) is 7.67. The second kappa shape index (κ2) is 10.1. The Labute approximate surface area is 162 Å². The number of ether oxygens (including phenoxy) is 2. The van der Waals surface area contributed by atoms with E-state index in [-0.39, 0.29) is 18.4 Å². The predicted octanol–water partition coefficient (Wildman–Crippen LogP) is 1.42. The van der Waals surface area contributed by atoms with Crippen LogP contribution in [0.4, 0.5) is 0 Å². The van der Waals surface area contributed by atoms with E-state index in [1.807, 2.05) is 29.2 Å². The monoisotopic (exact) mass is 376 g/mol. The molecule has 2 heterocycles. The molecule has 0 radical (unpaired) electrons. The number of morpholine rings is 1. The Hall–Kier alpha value is -1.63. The van der Waals surface area contributed by atoms with Gasteiger partial charge in [0, 0.05) is 45.8 Å². The van der Waals surface area contributed by atoms with E-state index in [0.717, 1.165) is 57.1 Å². The van der Waals surface area contributed by atoms with Gasteiger partial charge in [-0.3, -0.25) is 9.69 Å². The molecule has 0 aromatic heterocycles. The Bertz CT molecular complexity index is 604. The average Bonchev–Trinajstić information content (AvgIpc) is 2.72. The zero-order chi connectivity index (χ0) is 19.1. The third kappa shape index (κ3) is 5.67. The van der Waals surface area contributed by atoms with E-state index in [1.165, 1.54) is 0 Å². The molecule has 1 amide bonds. The number of aliphatic hydroxyl groups excluding tert-OH is 1. The van der Waals surface area contributed by atoms with Crippen molar-refractivity contribution >= 4 is 5.91 Å². The first kappa shape index (κ1) is 20.1. The van der Waals surface area contributed by atoms with Crippen molar-refractivity contribution in [3.8, 4) is 5.75 Å². The highest BCUT2D eigenvalue weighted by Gasteiger charge is 2.30. The van der Waals surface area contributed by atoms with Crippen LogP contribution in [0.2, 0.25) is 0 Å². The predicted molar refractivity (Wildman–Crippen MR) is 104 cm³/mol. The molecule has 6 heteroatoms. The van der Waals surface area contributed by atoms with E-state index < -0.39 is 0 Å². The van der Waals surface area contributed by atoms with Crippen molar-refractivity contribution in [1.82, 2.24) is 9.80 Å². The van der Waals surface area contributed by atoms with Crippen LogP contribution in [-0.4, -0.2) is 80.5 Å². The van der Waals surface area contributed by atoms with Gasteiger partial charge >= 0.3 is 0 Å². The van der Waals surface area contributed by atoms with Gasteiger partial charge in [0.1, 0.15) is 5.75 Å². The summed E-state index contributed by atoms with van der Waals surface area (Å²) in [6.45, 7) is 6.09. The zero-order valence-electron chi connectivity index (χ0n) is 16.3. The molecule has 27 heavy (non-hydrogen) atoms. The van der Waals surface area contributed by atoms with Gasteiger partial charge in [-0.15, -0.1) is 0 Å². The quantitative estimate of drug-likeness (QED) is 0.780. The number of hydrogen-bond donors (Lipinski definition) is 1. The maximum absolute atomic E-state index is 12.8. The van der Waals surface area contributed by atoms with Crippen molar-refractivity contribution in [1.29, 1.82) is 0 Å². The number of hydrogen-bond acceptors (Lipinski definition) is 5. The molecule has 3 rings (SSSR count). The second-order valence-electron chi connectivity index (χ2n) is 7.67. The summed E-state index contributed by atoms with van der Waals surface area (Å²) < 4.78 is 10.8. The number of piperidine rings is 1. The van der Waals surface area contributed by atoms with Crippen LogP contribution >= 0.6 is 0 Å². The Morgan fingerprint density at radius 1 is 1.22 bits per heavy atom. The molecule has 0 unspecified atom stereocenters. The molecule has 0 bridgehead atoms. The molecular formula is C21H32N2O4. The van der Waals surface area contributed by atoms with Crippen LogP contribution < -0.4 is 4.74 Å².